The van der Waals surface area contributed by atoms with Gasteiger partial charge >= 0.3 is 0 Å². The van der Waals surface area contributed by atoms with Crippen LogP contribution in [-0.2, 0) is 22.7 Å². The second-order valence-corrected chi connectivity index (χ2v) is 6.21. The standard InChI is InChI=1S/C21H24O3/c1-2-18-19(22)13-20(23-14-16-9-5-3-6-10-16)21(18)24-15-17-11-7-4-8-12-17/h2-12,18-22H,1,13-15H2/t18-,19+,20+,21-/m0/s1. The molecule has 0 heterocycles. The normalized spacial score (nSPS) is 26.4. The van der Waals surface area contributed by atoms with Crippen LogP contribution in [0.1, 0.15) is 17.5 Å². The smallest absolute Gasteiger partial charge is 0.0929 e. The summed E-state index contributed by atoms with van der Waals surface area (Å²) in [6.07, 6.45) is 1.58. The van der Waals surface area contributed by atoms with Crippen molar-refractivity contribution in [3.63, 3.8) is 0 Å². The maximum Gasteiger partial charge on any atom is 0.0929 e. The summed E-state index contributed by atoms with van der Waals surface area (Å²) >= 11 is 0. The zero-order chi connectivity index (χ0) is 16.8. The van der Waals surface area contributed by atoms with Crippen molar-refractivity contribution in [2.45, 2.75) is 37.9 Å². The number of rotatable bonds is 7. The number of ether oxygens (including phenoxy) is 2. The van der Waals surface area contributed by atoms with Crippen LogP contribution in [0.3, 0.4) is 0 Å². The summed E-state index contributed by atoms with van der Waals surface area (Å²) in [6, 6.07) is 20.1. The largest absolute Gasteiger partial charge is 0.392 e. The van der Waals surface area contributed by atoms with Gasteiger partial charge < -0.3 is 14.6 Å². The first kappa shape index (κ1) is 16.9. The molecule has 0 radical (unpaired) electrons. The maximum atomic E-state index is 10.3. The third kappa shape index (κ3) is 4.12. The SMILES string of the molecule is C=C[C@@H]1[C@H](OCc2ccccc2)[C@H](OCc2ccccc2)C[C@H]1O. The molecule has 1 aliphatic carbocycles. The third-order valence-corrected chi connectivity index (χ3v) is 4.53. The van der Waals surface area contributed by atoms with Crippen LogP contribution in [0, 0.1) is 5.92 Å². The molecule has 1 aliphatic rings. The van der Waals surface area contributed by atoms with E-state index in [1.165, 1.54) is 0 Å². The topological polar surface area (TPSA) is 38.7 Å². The van der Waals surface area contributed by atoms with Crippen molar-refractivity contribution in [2.24, 2.45) is 5.92 Å². The summed E-state index contributed by atoms with van der Waals surface area (Å²) in [4.78, 5) is 0. The van der Waals surface area contributed by atoms with E-state index in [0.717, 1.165) is 11.1 Å². The minimum Gasteiger partial charge on any atom is -0.392 e. The van der Waals surface area contributed by atoms with Crippen LogP contribution in [0.15, 0.2) is 73.3 Å². The lowest BCUT2D eigenvalue weighted by Crippen LogP contribution is -2.31. The van der Waals surface area contributed by atoms with Crippen LogP contribution in [0.5, 0.6) is 0 Å². The second-order valence-electron chi connectivity index (χ2n) is 6.21. The molecule has 0 aromatic heterocycles. The molecule has 0 saturated heterocycles. The average Bonchev–Trinajstić information content (AvgIpc) is 2.94. The van der Waals surface area contributed by atoms with Gasteiger partial charge in [0.2, 0.25) is 0 Å². The molecule has 2 aromatic rings. The van der Waals surface area contributed by atoms with E-state index in [0.29, 0.717) is 19.6 Å². The predicted octanol–water partition coefficient (Wildman–Crippen LogP) is 3.72. The van der Waals surface area contributed by atoms with Crippen molar-refractivity contribution in [3.8, 4) is 0 Å². The predicted molar refractivity (Wildman–Crippen MR) is 94.3 cm³/mol. The summed E-state index contributed by atoms with van der Waals surface area (Å²) in [6.45, 7) is 4.88. The van der Waals surface area contributed by atoms with Crippen LogP contribution in [-0.4, -0.2) is 23.4 Å². The highest BCUT2D eigenvalue weighted by Gasteiger charge is 2.42. The molecule has 0 bridgehead atoms. The molecule has 0 spiro atoms. The first-order chi connectivity index (χ1) is 11.8. The van der Waals surface area contributed by atoms with Crippen molar-refractivity contribution in [3.05, 3.63) is 84.4 Å². The van der Waals surface area contributed by atoms with Gasteiger partial charge in [0.25, 0.3) is 0 Å². The molecule has 24 heavy (non-hydrogen) atoms. The second kappa shape index (κ2) is 8.25. The zero-order valence-electron chi connectivity index (χ0n) is 13.8. The Kier molecular flexibility index (Phi) is 5.81. The number of benzene rings is 2. The van der Waals surface area contributed by atoms with E-state index in [-0.39, 0.29) is 18.1 Å². The van der Waals surface area contributed by atoms with Gasteiger partial charge in [-0.1, -0.05) is 66.7 Å². The molecule has 3 heteroatoms. The first-order valence-corrected chi connectivity index (χ1v) is 8.39. The van der Waals surface area contributed by atoms with Gasteiger partial charge in [0.1, 0.15) is 0 Å². The molecular weight excluding hydrogens is 300 g/mol. The minimum absolute atomic E-state index is 0.102. The lowest BCUT2D eigenvalue weighted by atomic mass is 10.0. The van der Waals surface area contributed by atoms with Gasteiger partial charge in [0, 0.05) is 12.3 Å². The van der Waals surface area contributed by atoms with Gasteiger partial charge in [-0.15, -0.1) is 6.58 Å². The van der Waals surface area contributed by atoms with Crippen molar-refractivity contribution in [1.29, 1.82) is 0 Å². The third-order valence-electron chi connectivity index (χ3n) is 4.53. The quantitative estimate of drug-likeness (QED) is 0.789. The van der Waals surface area contributed by atoms with E-state index >= 15 is 0 Å². The van der Waals surface area contributed by atoms with Crippen LogP contribution < -0.4 is 0 Å². The van der Waals surface area contributed by atoms with E-state index in [2.05, 4.69) is 6.58 Å². The number of hydrogen-bond donors (Lipinski definition) is 1. The van der Waals surface area contributed by atoms with Gasteiger partial charge in [-0.3, -0.25) is 0 Å². The summed E-state index contributed by atoms with van der Waals surface area (Å²) in [5, 5.41) is 10.3. The van der Waals surface area contributed by atoms with E-state index in [4.69, 9.17) is 9.47 Å². The fourth-order valence-electron chi connectivity index (χ4n) is 3.21. The Bertz CT molecular complexity index is 626. The molecule has 126 valence electrons. The molecule has 1 fully saturated rings. The Morgan fingerprint density at radius 2 is 1.46 bits per heavy atom. The van der Waals surface area contributed by atoms with Crippen LogP contribution in [0.2, 0.25) is 0 Å². The Balaban J connectivity index is 1.63. The van der Waals surface area contributed by atoms with Crippen LogP contribution in [0.4, 0.5) is 0 Å². The van der Waals surface area contributed by atoms with E-state index in [9.17, 15) is 5.11 Å². The van der Waals surface area contributed by atoms with E-state index in [1.807, 2.05) is 60.7 Å². The van der Waals surface area contributed by atoms with Gasteiger partial charge in [-0.2, -0.15) is 0 Å². The molecule has 1 N–H and O–H groups in total. The van der Waals surface area contributed by atoms with Gasteiger partial charge in [0.15, 0.2) is 0 Å². The van der Waals surface area contributed by atoms with E-state index < -0.39 is 6.10 Å². The molecule has 0 aliphatic heterocycles. The van der Waals surface area contributed by atoms with E-state index in [1.54, 1.807) is 6.08 Å². The van der Waals surface area contributed by atoms with Crippen LogP contribution >= 0.6 is 0 Å². The molecule has 4 atom stereocenters. The fraction of sp³-hybridized carbons (Fsp3) is 0.333. The lowest BCUT2D eigenvalue weighted by molar-refractivity contribution is -0.0788. The summed E-state index contributed by atoms with van der Waals surface area (Å²) in [5.74, 6) is -0.102. The molecule has 0 unspecified atom stereocenters. The summed E-state index contributed by atoms with van der Waals surface area (Å²) in [7, 11) is 0. The van der Waals surface area contributed by atoms with Crippen molar-refractivity contribution in [2.75, 3.05) is 0 Å². The monoisotopic (exact) mass is 324 g/mol. The molecule has 1 saturated carbocycles. The fourth-order valence-corrected chi connectivity index (χ4v) is 3.21. The summed E-state index contributed by atoms with van der Waals surface area (Å²) in [5.41, 5.74) is 2.24. The molecule has 3 nitrogen and oxygen atoms in total. The Morgan fingerprint density at radius 1 is 0.917 bits per heavy atom. The number of aliphatic hydroxyl groups is 1. The van der Waals surface area contributed by atoms with Gasteiger partial charge in [-0.25, -0.2) is 0 Å². The minimum atomic E-state index is -0.468. The van der Waals surface area contributed by atoms with Crippen molar-refractivity contribution >= 4 is 0 Å². The number of aliphatic hydroxyl groups excluding tert-OH is 1. The average molecular weight is 324 g/mol. The summed E-state index contributed by atoms with van der Waals surface area (Å²) < 4.78 is 12.2. The van der Waals surface area contributed by atoms with Gasteiger partial charge in [-0.05, 0) is 11.1 Å². The van der Waals surface area contributed by atoms with Crippen molar-refractivity contribution < 1.29 is 14.6 Å². The zero-order valence-corrected chi connectivity index (χ0v) is 13.8. The highest BCUT2D eigenvalue weighted by Crippen LogP contribution is 2.33. The molecule has 0 amide bonds. The lowest BCUT2D eigenvalue weighted by Gasteiger charge is -2.24. The van der Waals surface area contributed by atoms with Crippen LogP contribution in [0.25, 0.3) is 0 Å². The first-order valence-electron chi connectivity index (χ1n) is 8.39. The number of hydrogen-bond acceptors (Lipinski definition) is 3. The van der Waals surface area contributed by atoms with Gasteiger partial charge in [0.05, 0.1) is 31.5 Å². The molecule has 3 rings (SSSR count). The highest BCUT2D eigenvalue weighted by atomic mass is 16.5. The van der Waals surface area contributed by atoms with Crippen molar-refractivity contribution in [1.82, 2.24) is 0 Å². The Hall–Kier alpha value is -1.94. The maximum absolute atomic E-state index is 10.3. The Morgan fingerprint density at radius 3 is 2.00 bits per heavy atom. The highest BCUT2D eigenvalue weighted by molar-refractivity contribution is 5.15. The Labute approximate surface area is 143 Å². The molecule has 2 aromatic carbocycles. The molecular formula is C21H24O3.